The standard InChI is InChI=1S/C24H17Cl2NO3S2/c1-29-21-11-10-18(13-19(21)26)27-23(28)22(32-24(27)31)12-16-4-2-3-5-20(16)30-14-15-6-8-17(25)9-7-15/h2-13H,14H2,1H3/b22-12+. The first-order valence-corrected chi connectivity index (χ1v) is 11.5. The Hall–Kier alpha value is -2.51. The molecule has 1 aliphatic rings. The smallest absolute Gasteiger partial charge is 0.270 e. The third-order valence-corrected chi connectivity index (χ3v) is 6.55. The van der Waals surface area contributed by atoms with E-state index in [1.807, 2.05) is 48.5 Å². The van der Waals surface area contributed by atoms with Crippen LogP contribution in [0.3, 0.4) is 0 Å². The number of amides is 1. The summed E-state index contributed by atoms with van der Waals surface area (Å²) in [6.45, 7) is 0.382. The van der Waals surface area contributed by atoms with Crippen LogP contribution in [0.5, 0.6) is 11.5 Å². The Bertz CT molecular complexity index is 1210. The lowest BCUT2D eigenvalue weighted by atomic mass is 10.1. The number of hydrogen-bond acceptors (Lipinski definition) is 5. The van der Waals surface area contributed by atoms with Gasteiger partial charge in [-0.25, -0.2) is 0 Å². The molecule has 3 aromatic rings. The van der Waals surface area contributed by atoms with Crippen molar-refractivity contribution in [3.63, 3.8) is 0 Å². The molecule has 0 radical (unpaired) electrons. The fraction of sp³-hybridized carbons (Fsp3) is 0.0833. The molecule has 0 spiro atoms. The molecule has 0 N–H and O–H groups in total. The Balaban J connectivity index is 1.56. The number of hydrogen-bond donors (Lipinski definition) is 0. The number of nitrogens with zero attached hydrogens (tertiary/aromatic N) is 1. The Morgan fingerprint density at radius 3 is 2.50 bits per heavy atom. The lowest BCUT2D eigenvalue weighted by Crippen LogP contribution is -2.27. The summed E-state index contributed by atoms with van der Waals surface area (Å²) in [5.41, 5.74) is 2.37. The van der Waals surface area contributed by atoms with Crippen molar-refractivity contribution in [2.75, 3.05) is 12.0 Å². The summed E-state index contributed by atoms with van der Waals surface area (Å²) in [5, 5.41) is 1.08. The number of para-hydroxylation sites is 1. The normalized spacial score (nSPS) is 14.8. The third kappa shape index (κ3) is 4.94. The quantitative estimate of drug-likeness (QED) is 0.269. The van der Waals surface area contributed by atoms with Gasteiger partial charge in [0.2, 0.25) is 0 Å². The monoisotopic (exact) mass is 501 g/mol. The molecule has 32 heavy (non-hydrogen) atoms. The molecule has 4 rings (SSSR count). The van der Waals surface area contributed by atoms with Crippen molar-refractivity contribution < 1.29 is 14.3 Å². The molecule has 1 aliphatic heterocycles. The molecule has 0 aromatic heterocycles. The van der Waals surface area contributed by atoms with Crippen LogP contribution in [0.15, 0.2) is 71.6 Å². The summed E-state index contributed by atoms with van der Waals surface area (Å²) >= 11 is 18.9. The Labute approximate surface area is 205 Å². The van der Waals surface area contributed by atoms with Crippen molar-refractivity contribution in [1.29, 1.82) is 0 Å². The first-order chi connectivity index (χ1) is 15.5. The van der Waals surface area contributed by atoms with Crippen LogP contribution in [-0.4, -0.2) is 17.3 Å². The highest BCUT2D eigenvalue weighted by Crippen LogP contribution is 2.39. The van der Waals surface area contributed by atoms with Crippen LogP contribution in [0.4, 0.5) is 5.69 Å². The molecule has 8 heteroatoms. The largest absolute Gasteiger partial charge is 0.495 e. The molecule has 0 saturated carbocycles. The van der Waals surface area contributed by atoms with E-state index in [1.165, 1.54) is 23.8 Å². The van der Waals surface area contributed by atoms with Gasteiger partial charge in [0.15, 0.2) is 4.32 Å². The number of thioether (sulfide) groups is 1. The zero-order chi connectivity index (χ0) is 22.7. The van der Waals surface area contributed by atoms with Gasteiger partial charge in [0.05, 0.1) is 22.7 Å². The van der Waals surface area contributed by atoms with Crippen molar-refractivity contribution in [1.82, 2.24) is 0 Å². The van der Waals surface area contributed by atoms with Gasteiger partial charge in [0, 0.05) is 10.6 Å². The van der Waals surface area contributed by atoms with Gasteiger partial charge in [-0.1, -0.05) is 77.5 Å². The predicted octanol–water partition coefficient (Wildman–Crippen LogP) is 6.99. The highest BCUT2D eigenvalue weighted by atomic mass is 35.5. The molecule has 1 heterocycles. The second-order valence-corrected chi connectivity index (χ2v) is 9.31. The Morgan fingerprint density at radius 2 is 1.78 bits per heavy atom. The maximum atomic E-state index is 13.1. The highest BCUT2D eigenvalue weighted by Gasteiger charge is 2.33. The SMILES string of the molecule is COc1ccc(N2C(=O)/C(=C\c3ccccc3OCc3ccc(Cl)cc3)SC2=S)cc1Cl. The van der Waals surface area contributed by atoms with E-state index < -0.39 is 0 Å². The fourth-order valence-electron chi connectivity index (χ4n) is 3.10. The molecule has 0 bridgehead atoms. The van der Waals surface area contributed by atoms with Gasteiger partial charge >= 0.3 is 0 Å². The zero-order valence-corrected chi connectivity index (χ0v) is 20.0. The molecule has 0 aliphatic carbocycles. The minimum Gasteiger partial charge on any atom is -0.495 e. The van der Waals surface area contributed by atoms with Crippen LogP contribution in [0.2, 0.25) is 10.0 Å². The molecule has 3 aromatic carbocycles. The van der Waals surface area contributed by atoms with E-state index in [0.29, 0.717) is 43.1 Å². The van der Waals surface area contributed by atoms with Gasteiger partial charge in [-0.3, -0.25) is 9.69 Å². The average Bonchev–Trinajstić information content (AvgIpc) is 3.07. The summed E-state index contributed by atoms with van der Waals surface area (Å²) in [7, 11) is 1.54. The number of rotatable bonds is 6. The van der Waals surface area contributed by atoms with E-state index in [4.69, 9.17) is 44.9 Å². The maximum Gasteiger partial charge on any atom is 0.270 e. The number of thiocarbonyl (C=S) groups is 1. The number of halogens is 2. The van der Waals surface area contributed by atoms with E-state index in [0.717, 1.165) is 11.1 Å². The van der Waals surface area contributed by atoms with E-state index in [2.05, 4.69) is 0 Å². The summed E-state index contributed by atoms with van der Waals surface area (Å²) < 4.78 is 11.6. The molecule has 4 nitrogen and oxygen atoms in total. The minimum absolute atomic E-state index is 0.214. The average molecular weight is 502 g/mol. The van der Waals surface area contributed by atoms with Crippen LogP contribution in [0.1, 0.15) is 11.1 Å². The number of ether oxygens (including phenoxy) is 2. The van der Waals surface area contributed by atoms with Crippen LogP contribution >= 0.6 is 47.2 Å². The number of carbonyl (C=O) groups is 1. The number of anilines is 1. The minimum atomic E-state index is -0.214. The summed E-state index contributed by atoms with van der Waals surface area (Å²) in [6.07, 6.45) is 1.79. The van der Waals surface area contributed by atoms with E-state index in [9.17, 15) is 4.79 Å². The van der Waals surface area contributed by atoms with Gasteiger partial charge in [0.25, 0.3) is 5.91 Å². The van der Waals surface area contributed by atoms with Crippen LogP contribution in [-0.2, 0) is 11.4 Å². The molecule has 162 valence electrons. The van der Waals surface area contributed by atoms with Crippen molar-refractivity contribution in [3.05, 3.63) is 92.8 Å². The molecular formula is C24H17Cl2NO3S2. The van der Waals surface area contributed by atoms with Gasteiger partial charge in [0.1, 0.15) is 18.1 Å². The lowest BCUT2D eigenvalue weighted by Gasteiger charge is -2.15. The summed E-state index contributed by atoms with van der Waals surface area (Å²) in [5.74, 6) is 0.983. The summed E-state index contributed by atoms with van der Waals surface area (Å²) in [6, 6.07) is 20.1. The molecule has 0 atom stereocenters. The van der Waals surface area contributed by atoms with Gasteiger partial charge in [-0.05, 0) is 48.0 Å². The van der Waals surface area contributed by atoms with E-state index >= 15 is 0 Å². The zero-order valence-electron chi connectivity index (χ0n) is 16.9. The van der Waals surface area contributed by atoms with E-state index in [1.54, 1.807) is 24.3 Å². The first-order valence-electron chi connectivity index (χ1n) is 9.54. The maximum absolute atomic E-state index is 13.1. The van der Waals surface area contributed by atoms with Crippen LogP contribution < -0.4 is 14.4 Å². The second-order valence-electron chi connectivity index (χ2n) is 6.79. The Kier molecular flexibility index (Phi) is 7.06. The van der Waals surface area contributed by atoms with Crippen molar-refractivity contribution in [2.24, 2.45) is 0 Å². The second kappa shape index (κ2) is 9.96. The van der Waals surface area contributed by atoms with Gasteiger partial charge in [-0.2, -0.15) is 0 Å². The lowest BCUT2D eigenvalue weighted by molar-refractivity contribution is -0.113. The molecular weight excluding hydrogens is 485 g/mol. The van der Waals surface area contributed by atoms with Crippen LogP contribution in [0, 0.1) is 0 Å². The summed E-state index contributed by atoms with van der Waals surface area (Å²) in [4.78, 5) is 15.1. The van der Waals surface area contributed by atoms with Gasteiger partial charge in [-0.15, -0.1) is 0 Å². The first kappa shape index (κ1) is 22.7. The third-order valence-electron chi connectivity index (χ3n) is 4.70. The topological polar surface area (TPSA) is 38.8 Å². The molecule has 1 saturated heterocycles. The number of benzene rings is 3. The van der Waals surface area contributed by atoms with E-state index in [-0.39, 0.29) is 5.91 Å². The fourth-order valence-corrected chi connectivity index (χ4v) is 4.77. The highest BCUT2D eigenvalue weighted by molar-refractivity contribution is 8.27. The van der Waals surface area contributed by atoms with Crippen molar-refractivity contribution >= 4 is 69.2 Å². The number of methoxy groups -OCH3 is 1. The van der Waals surface area contributed by atoms with Crippen molar-refractivity contribution in [3.8, 4) is 11.5 Å². The number of carbonyl (C=O) groups excluding carboxylic acids is 1. The van der Waals surface area contributed by atoms with Crippen LogP contribution in [0.25, 0.3) is 6.08 Å². The molecule has 1 amide bonds. The Morgan fingerprint density at radius 1 is 1.03 bits per heavy atom. The molecule has 1 fully saturated rings. The predicted molar refractivity (Wildman–Crippen MR) is 136 cm³/mol. The van der Waals surface area contributed by atoms with Gasteiger partial charge < -0.3 is 9.47 Å². The van der Waals surface area contributed by atoms with Crippen molar-refractivity contribution in [2.45, 2.75) is 6.61 Å². The molecule has 0 unspecified atom stereocenters.